The van der Waals surface area contributed by atoms with Crippen LogP contribution in [0, 0.1) is 11.3 Å². The molecule has 0 unspecified atom stereocenters. The molecule has 0 spiro atoms. The van der Waals surface area contributed by atoms with Crippen molar-refractivity contribution in [3.63, 3.8) is 0 Å². The first-order chi connectivity index (χ1) is 11.4. The maximum atomic E-state index is 12.2. The lowest BCUT2D eigenvalue weighted by Gasteiger charge is -2.32. The first-order valence-electron chi connectivity index (χ1n) is 8.91. The van der Waals surface area contributed by atoms with E-state index in [0.717, 1.165) is 12.8 Å². The van der Waals surface area contributed by atoms with Gasteiger partial charge in [0.15, 0.2) is 0 Å². The van der Waals surface area contributed by atoms with Crippen molar-refractivity contribution < 1.29 is 19.1 Å². The molecule has 1 aliphatic heterocycles. The predicted molar refractivity (Wildman–Crippen MR) is 96.0 cm³/mol. The molecule has 0 aromatic heterocycles. The highest BCUT2D eigenvalue weighted by molar-refractivity contribution is 5.82. The molecule has 2 N–H and O–H groups in total. The van der Waals surface area contributed by atoms with E-state index in [0.29, 0.717) is 25.6 Å². The lowest BCUT2D eigenvalue weighted by molar-refractivity contribution is -0.132. The summed E-state index contributed by atoms with van der Waals surface area (Å²) in [5.41, 5.74) is -0.965. The first kappa shape index (κ1) is 21.3. The zero-order valence-electron chi connectivity index (χ0n) is 16.4. The number of hydrogen-bond donors (Lipinski definition) is 2. The van der Waals surface area contributed by atoms with Gasteiger partial charge in [0.05, 0.1) is 0 Å². The summed E-state index contributed by atoms with van der Waals surface area (Å²) in [4.78, 5) is 37.4. The van der Waals surface area contributed by atoms with Crippen LogP contribution < -0.4 is 10.6 Å². The van der Waals surface area contributed by atoms with Crippen LogP contribution in [0.3, 0.4) is 0 Å². The van der Waals surface area contributed by atoms with E-state index in [1.165, 1.54) is 0 Å². The molecule has 3 amide bonds. The van der Waals surface area contributed by atoms with E-state index < -0.39 is 11.7 Å². The number of hydrogen-bond acceptors (Lipinski definition) is 4. The van der Waals surface area contributed by atoms with E-state index in [9.17, 15) is 14.4 Å². The minimum atomic E-state index is -0.583. The Morgan fingerprint density at radius 3 is 2.04 bits per heavy atom. The van der Waals surface area contributed by atoms with Crippen LogP contribution >= 0.6 is 0 Å². The van der Waals surface area contributed by atoms with Crippen molar-refractivity contribution in [2.45, 2.75) is 60.0 Å². The number of ether oxygens (including phenoxy) is 1. The van der Waals surface area contributed by atoms with Crippen LogP contribution in [-0.2, 0) is 14.3 Å². The van der Waals surface area contributed by atoms with Gasteiger partial charge in [-0.3, -0.25) is 9.59 Å². The molecule has 1 saturated heterocycles. The van der Waals surface area contributed by atoms with Gasteiger partial charge in [-0.25, -0.2) is 4.79 Å². The van der Waals surface area contributed by atoms with E-state index in [2.05, 4.69) is 10.6 Å². The first-order valence-corrected chi connectivity index (χ1v) is 8.91. The van der Waals surface area contributed by atoms with Crippen LogP contribution in [0.1, 0.15) is 54.4 Å². The van der Waals surface area contributed by atoms with Crippen LogP contribution in [0.25, 0.3) is 0 Å². The molecule has 144 valence electrons. The third kappa shape index (κ3) is 8.23. The molecule has 1 heterocycles. The van der Waals surface area contributed by atoms with Crippen molar-refractivity contribution in [1.82, 2.24) is 15.5 Å². The van der Waals surface area contributed by atoms with Gasteiger partial charge in [-0.1, -0.05) is 20.8 Å². The maximum absolute atomic E-state index is 12.2. The Bertz CT molecular complexity index is 484. The number of carbonyl (C=O) groups is 3. The van der Waals surface area contributed by atoms with Gasteiger partial charge in [0.25, 0.3) is 0 Å². The normalized spacial score (nSPS) is 16.3. The summed E-state index contributed by atoms with van der Waals surface area (Å²) < 4.78 is 5.11. The van der Waals surface area contributed by atoms with Crippen LogP contribution in [0.15, 0.2) is 0 Å². The van der Waals surface area contributed by atoms with Gasteiger partial charge in [0, 0.05) is 25.0 Å². The number of piperidine rings is 1. The third-order valence-electron chi connectivity index (χ3n) is 3.98. The summed E-state index contributed by atoms with van der Waals surface area (Å²) in [6, 6.07) is 0. The number of likely N-dealkylation sites (tertiary alicyclic amines) is 1. The molecule has 1 aliphatic rings. The maximum Gasteiger partial charge on any atom is 0.408 e. The Hall–Kier alpha value is -1.79. The molecule has 0 aliphatic carbocycles. The zero-order chi connectivity index (χ0) is 19.3. The smallest absolute Gasteiger partial charge is 0.408 e. The Morgan fingerprint density at radius 1 is 1.00 bits per heavy atom. The van der Waals surface area contributed by atoms with Crippen molar-refractivity contribution >= 4 is 17.9 Å². The number of rotatable bonds is 4. The average Bonchev–Trinajstić information content (AvgIpc) is 2.48. The quantitative estimate of drug-likeness (QED) is 0.806. The second-order valence-corrected chi connectivity index (χ2v) is 8.64. The SMILES string of the molecule is CC(C)(C)OC(=O)NCC(=O)N1CCC(CNC(=O)C(C)(C)C)CC1. The largest absolute Gasteiger partial charge is 0.444 e. The van der Waals surface area contributed by atoms with Gasteiger partial charge in [-0.15, -0.1) is 0 Å². The third-order valence-corrected chi connectivity index (χ3v) is 3.98. The zero-order valence-corrected chi connectivity index (χ0v) is 16.4. The fraction of sp³-hybridized carbons (Fsp3) is 0.833. The van der Waals surface area contributed by atoms with E-state index in [1.54, 1.807) is 25.7 Å². The highest BCUT2D eigenvalue weighted by atomic mass is 16.6. The van der Waals surface area contributed by atoms with Gasteiger partial charge in [0.2, 0.25) is 11.8 Å². The van der Waals surface area contributed by atoms with E-state index in [-0.39, 0.29) is 23.8 Å². The van der Waals surface area contributed by atoms with Crippen molar-refractivity contribution in [1.29, 1.82) is 0 Å². The molecule has 7 heteroatoms. The highest BCUT2D eigenvalue weighted by Gasteiger charge is 2.26. The average molecular weight is 355 g/mol. The summed E-state index contributed by atoms with van der Waals surface area (Å²) in [5, 5.41) is 5.48. The molecular weight excluding hydrogens is 322 g/mol. The lowest BCUT2D eigenvalue weighted by Crippen LogP contribution is -2.46. The van der Waals surface area contributed by atoms with E-state index in [4.69, 9.17) is 4.74 Å². The van der Waals surface area contributed by atoms with Crippen molar-refractivity contribution in [2.75, 3.05) is 26.2 Å². The number of amides is 3. The molecule has 0 aromatic carbocycles. The molecule has 0 saturated carbocycles. The summed E-state index contributed by atoms with van der Waals surface area (Å²) >= 11 is 0. The van der Waals surface area contributed by atoms with Crippen molar-refractivity contribution in [3.05, 3.63) is 0 Å². The molecule has 1 fully saturated rings. The number of nitrogens with one attached hydrogen (secondary N) is 2. The molecule has 0 bridgehead atoms. The highest BCUT2D eigenvalue weighted by Crippen LogP contribution is 2.18. The van der Waals surface area contributed by atoms with Gasteiger partial charge < -0.3 is 20.3 Å². The van der Waals surface area contributed by atoms with Crippen molar-refractivity contribution in [3.8, 4) is 0 Å². The molecule has 0 radical (unpaired) electrons. The van der Waals surface area contributed by atoms with Crippen LogP contribution in [0.5, 0.6) is 0 Å². The fourth-order valence-corrected chi connectivity index (χ4v) is 2.46. The van der Waals surface area contributed by atoms with Crippen LogP contribution in [0.4, 0.5) is 4.79 Å². The lowest BCUT2D eigenvalue weighted by atomic mass is 9.93. The Kier molecular flexibility index (Phi) is 7.26. The summed E-state index contributed by atoms with van der Waals surface area (Å²) in [6.45, 7) is 12.9. The standard InChI is InChI=1S/C18H33N3O4/c1-17(2,3)15(23)19-11-13-7-9-21(10-8-13)14(22)12-20-16(24)25-18(4,5)6/h13H,7-12H2,1-6H3,(H,19,23)(H,20,24). The van der Waals surface area contributed by atoms with Gasteiger partial charge in [-0.2, -0.15) is 0 Å². The topological polar surface area (TPSA) is 87.7 Å². The Labute approximate surface area is 150 Å². The fourth-order valence-electron chi connectivity index (χ4n) is 2.46. The van der Waals surface area contributed by atoms with E-state index >= 15 is 0 Å². The monoisotopic (exact) mass is 355 g/mol. The van der Waals surface area contributed by atoms with Crippen molar-refractivity contribution in [2.24, 2.45) is 11.3 Å². The Balaban J connectivity index is 2.28. The molecule has 7 nitrogen and oxygen atoms in total. The summed E-state index contributed by atoms with van der Waals surface area (Å²) in [6.07, 6.45) is 1.12. The second kappa shape index (κ2) is 8.54. The van der Waals surface area contributed by atoms with E-state index in [1.807, 2.05) is 20.8 Å². The summed E-state index contributed by atoms with van der Waals surface area (Å²) in [5.74, 6) is 0.324. The van der Waals surface area contributed by atoms with Crippen LogP contribution in [0.2, 0.25) is 0 Å². The minimum absolute atomic E-state index is 0.0487. The number of carbonyl (C=O) groups excluding carboxylic acids is 3. The Morgan fingerprint density at radius 2 is 1.56 bits per heavy atom. The molecular formula is C18H33N3O4. The number of alkyl carbamates (subject to hydrolysis) is 1. The minimum Gasteiger partial charge on any atom is -0.444 e. The van der Waals surface area contributed by atoms with Gasteiger partial charge in [0.1, 0.15) is 12.1 Å². The number of nitrogens with zero attached hydrogens (tertiary/aromatic N) is 1. The van der Waals surface area contributed by atoms with Gasteiger partial charge >= 0.3 is 6.09 Å². The molecule has 0 atom stereocenters. The second-order valence-electron chi connectivity index (χ2n) is 8.64. The predicted octanol–water partition coefficient (Wildman–Crippen LogP) is 1.91. The molecule has 25 heavy (non-hydrogen) atoms. The molecule has 0 aromatic rings. The van der Waals surface area contributed by atoms with Crippen LogP contribution in [-0.4, -0.2) is 54.6 Å². The molecule has 1 rings (SSSR count). The van der Waals surface area contributed by atoms with Gasteiger partial charge in [-0.05, 0) is 39.5 Å². The summed E-state index contributed by atoms with van der Waals surface area (Å²) in [7, 11) is 0.